The molecule has 0 aliphatic carbocycles. The molecule has 2 aliphatic rings. The van der Waals surface area contributed by atoms with Gasteiger partial charge in [-0.25, -0.2) is 4.79 Å². The molecule has 3 N–H and O–H groups in total. The van der Waals surface area contributed by atoms with Gasteiger partial charge in [0.1, 0.15) is 23.1 Å². The third-order valence-corrected chi connectivity index (χ3v) is 9.19. The summed E-state index contributed by atoms with van der Waals surface area (Å²) in [7, 11) is 1.57. The molecule has 2 aliphatic heterocycles. The molecule has 50 heavy (non-hydrogen) atoms. The first kappa shape index (κ1) is 38.3. The highest BCUT2D eigenvalue weighted by Crippen LogP contribution is 2.41. The first-order chi connectivity index (χ1) is 23.6. The number of nitrogens with one attached hydrogen (secondary N) is 2. The van der Waals surface area contributed by atoms with Gasteiger partial charge >= 0.3 is 6.09 Å². The second-order valence-electron chi connectivity index (χ2n) is 14.5. The Bertz CT molecular complexity index is 1630. The van der Waals surface area contributed by atoms with E-state index in [9.17, 15) is 19.5 Å². The molecule has 0 aromatic heterocycles. The zero-order chi connectivity index (χ0) is 36.9. The number of rotatable bonds is 12. The minimum Gasteiger partial charge on any atom is -0.485 e. The van der Waals surface area contributed by atoms with Gasteiger partial charge in [0.05, 0.1) is 18.5 Å². The molecule has 0 bridgehead atoms. The molecule has 3 amide bonds. The highest BCUT2D eigenvalue weighted by molar-refractivity contribution is 6.04. The van der Waals surface area contributed by atoms with Crippen LogP contribution in [0.1, 0.15) is 113 Å². The molecule has 270 valence electrons. The highest BCUT2D eigenvalue weighted by Gasteiger charge is 2.45. The van der Waals surface area contributed by atoms with Crippen molar-refractivity contribution in [3.63, 3.8) is 0 Å². The maximum atomic E-state index is 14.2. The van der Waals surface area contributed by atoms with Gasteiger partial charge < -0.3 is 30.0 Å². The lowest BCUT2D eigenvalue weighted by Gasteiger charge is -2.45. The number of guanidine groups is 1. The second-order valence-corrected chi connectivity index (χ2v) is 14.5. The molecule has 2 heterocycles. The Kier molecular flexibility index (Phi) is 12.0. The van der Waals surface area contributed by atoms with Crippen LogP contribution in [0, 0.1) is 0 Å². The van der Waals surface area contributed by atoms with Crippen molar-refractivity contribution in [2.24, 2.45) is 4.99 Å². The van der Waals surface area contributed by atoms with Gasteiger partial charge in [0.15, 0.2) is 0 Å². The summed E-state index contributed by atoms with van der Waals surface area (Å²) >= 11 is 0. The monoisotopic (exact) mass is 688 g/mol. The van der Waals surface area contributed by atoms with Crippen molar-refractivity contribution < 1.29 is 33.7 Å². The number of carbonyl (C=O) groups excluding carboxylic acids is 3. The van der Waals surface area contributed by atoms with Gasteiger partial charge in [-0.2, -0.15) is 0 Å². The van der Waals surface area contributed by atoms with E-state index in [4.69, 9.17) is 14.2 Å². The van der Waals surface area contributed by atoms with Crippen LogP contribution in [-0.4, -0.2) is 70.4 Å². The molecule has 0 saturated carbocycles. The van der Waals surface area contributed by atoms with E-state index in [-0.39, 0.29) is 24.9 Å². The Morgan fingerprint density at radius 1 is 1.22 bits per heavy atom. The van der Waals surface area contributed by atoms with Crippen molar-refractivity contribution in [3.8, 4) is 5.75 Å². The predicted molar refractivity (Wildman–Crippen MR) is 194 cm³/mol. The number of hydrogen-bond acceptors (Lipinski definition) is 7. The van der Waals surface area contributed by atoms with Gasteiger partial charge in [0, 0.05) is 30.4 Å². The first-order valence-electron chi connectivity index (χ1n) is 17.1. The molecule has 1 saturated heterocycles. The summed E-state index contributed by atoms with van der Waals surface area (Å²) in [5.74, 6) is -0.00219. The van der Waals surface area contributed by atoms with Gasteiger partial charge in [0.2, 0.25) is 11.9 Å². The van der Waals surface area contributed by atoms with Crippen molar-refractivity contribution >= 4 is 29.9 Å². The van der Waals surface area contributed by atoms with Crippen LogP contribution in [-0.2, 0) is 14.3 Å². The number of aliphatic hydroxyl groups excluding tert-OH is 1. The van der Waals surface area contributed by atoms with Gasteiger partial charge in [-0.05, 0) is 95.7 Å². The normalized spacial score (nSPS) is 22.8. The molecule has 1 fully saturated rings. The van der Waals surface area contributed by atoms with E-state index in [2.05, 4.69) is 28.8 Å². The van der Waals surface area contributed by atoms with Crippen LogP contribution in [0.4, 0.5) is 4.79 Å². The zero-order valence-corrected chi connectivity index (χ0v) is 30.4. The van der Waals surface area contributed by atoms with Crippen molar-refractivity contribution in [1.29, 1.82) is 0 Å². The molecule has 2 aromatic rings. The topological polar surface area (TPSA) is 139 Å². The lowest BCUT2D eigenvalue weighted by Crippen LogP contribution is -2.63. The number of allylic oxidation sites excluding steroid dienone is 1. The number of hydrogen-bond donors (Lipinski definition) is 3. The van der Waals surface area contributed by atoms with Gasteiger partial charge in [-0.3, -0.25) is 14.5 Å². The molecule has 4 atom stereocenters. The Balaban J connectivity index is 1.73. The number of carbonyl (C=O) groups is 3. The van der Waals surface area contributed by atoms with Gasteiger partial charge in [-0.1, -0.05) is 43.9 Å². The fourth-order valence-electron chi connectivity index (χ4n) is 6.42. The van der Waals surface area contributed by atoms with Crippen LogP contribution in [0.15, 0.2) is 66.7 Å². The maximum absolute atomic E-state index is 14.2. The fourth-order valence-corrected chi connectivity index (χ4v) is 6.42. The van der Waals surface area contributed by atoms with E-state index in [1.54, 1.807) is 72.1 Å². The second kappa shape index (κ2) is 15.6. The third-order valence-electron chi connectivity index (χ3n) is 9.19. The number of nitrogens with zero attached hydrogens (tertiary/aromatic N) is 2. The quantitative estimate of drug-likeness (QED) is 0.211. The smallest absolute Gasteiger partial charge is 0.437 e. The van der Waals surface area contributed by atoms with E-state index in [1.165, 1.54) is 4.90 Å². The number of aliphatic hydroxyl groups is 1. The van der Waals surface area contributed by atoms with Crippen molar-refractivity contribution in [1.82, 2.24) is 15.5 Å². The van der Waals surface area contributed by atoms with E-state index < -0.39 is 46.9 Å². The van der Waals surface area contributed by atoms with E-state index in [1.807, 2.05) is 31.2 Å². The van der Waals surface area contributed by atoms with Crippen LogP contribution in [0.5, 0.6) is 5.75 Å². The molecular formula is C39H52N4O7. The minimum absolute atomic E-state index is 0.0829. The van der Waals surface area contributed by atoms with E-state index >= 15 is 0 Å². The fraction of sp³-hybridized carbons (Fsp3) is 0.487. The molecule has 1 unspecified atom stereocenters. The summed E-state index contributed by atoms with van der Waals surface area (Å²) in [4.78, 5) is 47.0. The number of aliphatic imine (C=N–C) groups is 1. The highest BCUT2D eigenvalue weighted by atomic mass is 16.6. The van der Waals surface area contributed by atoms with Crippen LogP contribution >= 0.6 is 0 Å². The Labute approximate surface area is 295 Å². The summed E-state index contributed by atoms with van der Waals surface area (Å²) in [6.45, 7) is 18.7. The molecule has 0 spiro atoms. The zero-order valence-electron chi connectivity index (χ0n) is 30.4. The standard InChI is InChI=1S/C39H52N4O7/c1-10-13-20-39(12-3)24-31(44)43(35(42-39)41-36(47)50-37(4,5)6)29(19-21-48-9)26-15-14-16-27(23-26)34(46)40-32-28-22-25(11-2)17-18-30(28)49-38(7,8)33(32)45/h10-11,14-18,22-23,29,32-33,45H,1-2,12-13,19-21,24H2,3-9H3,(H,40,46)(H,41,42,47)/t29-,32-,33+,39?/m1/s1. The Hall–Kier alpha value is -4.48. The van der Waals surface area contributed by atoms with Crippen LogP contribution in [0.2, 0.25) is 0 Å². The largest absolute Gasteiger partial charge is 0.485 e. The minimum atomic E-state index is -1.06. The number of benzene rings is 2. The van der Waals surface area contributed by atoms with Crippen molar-refractivity contribution in [2.45, 2.75) is 109 Å². The maximum Gasteiger partial charge on any atom is 0.437 e. The molecule has 0 radical (unpaired) electrons. The number of fused-ring (bicyclic) bond motifs is 1. The van der Waals surface area contributed by atoms with E-state index in [0.29, 0.717) is 48.1 Å². The summed E-state index contributed by atoms with van der Waals surface area (Å²) < 4.78 is 17.1. The van der Waals surface area contributed by atoms with Gasteiger partial charge in [-0.15, -0.1) is 11.6 Å². The third kappa shape index (κ3) is 8.81. The lowest BCUT2D eigenvalue weighted by atomic mass is 9.84. The molecular weight excluding hydrogens is 636 g/mol. The van der Waals surface area contributed by atoms with Crippen LogP contribution < -0.4 is 15.4 Å². The molecule has 4 rings (SSSR count). The Morgan fingerprint density at radius 3 is 2.60 bits per heavy atom. The van der Waals surface area contributed by atoms with Crippen LogP contribution in [0.3, 0.4) is 0 Å². The first-order valence-corrected chi connectivity index (χ1v) is 17.1. The summed E-state index contributed by atoms with van der Waals surface area (Å²) in [5, 5.41) is 17.8. The van der Waals surface area contributed by atoms with Crippen molar-refractivity contribution in [2.75, 3.05) is 13.7 Å². The molecule has 11 nitrogen and oxygen atoms in total. The number of ether oxygens (including phenoxy) is 3. The predicted octanol–water partition coefficient (Wildman–Crippen LogP) is 6.64. The van der Waals surface area contributed by atoms with E-state index in [0.717, 1.165) is 5.56 Å². The summed E-state index contributed by atoms with van der Waals surface area (Å²) in [6.07, 6.45) is 4.01. The lowest BCUT2D eigenvalue weighted by molar-refractivity contribution is -0.133. The van der Waals surface area contributed by atoms with Crippen LogP contribution in [0.25, 0.3) is 6.08 Å². The SMILES string of the molecule is C=CCCC1(CC)CC(=O)N([C@H](CCOC)c2cccc(C(=O)N[C@@H]3c4cc(C=C)ccc4OC(C)(C)[C@H]3O)c2)/C(=N/C(=O)OC(C)(C)C)N1. The Morgan fingerprint density at radius 2 is 1.96 bits per heavy atom. The number of methoxy groups -OCH3 is 1. The summed E-state index contributed by atoms with van der Waals surface area (Å²) in [5.41, 5.74) is 0.00333. The molecule has 2 aromatic carbocycles. The molecule has 11 heteroatoms. The average molecular weight is 689 g/mol. The van der Waals surface area contributed by atoms with Gasteiger partial charge in [0.25, 0.3) is 5.91 Å². The number of amides is 3. The average Bonchev–Trinajstić information content (AvgIpc) is 3.05. The van der Waals surface area contributed by atoms with Crippen molar-refractivity contribution in [3.05, 3.63) is 84.0 Å². The summed E-state index contributed by atoms with van der Waals surface area (Å²) in [6, 6.07) is 11.0.